The van der Waals surface area contributed by atoms with Gasteiger partial charge in [-0.3, -0.25) is 0 Å². The van der Waals surface area contributed by atoms with E-state index in [0.717, 1.165) is 0 Å². The standard InChI is InChI=1S/C9H12/c1-2-6-9(5-1)7-3-4-8-9/h1-2,5-6H,3-4,7-8H2. The Bertz CT molecular complexity index is 143. The first-order valence-corrected chi connectivity index (χ1v) is 3.78. The Labute approximate surface area is 56.3 Å². The summed E-state index contributed by atoms with van der Waals surface area (Å²) in [4.78, 5) is 0. The lowest BCUT2D eigenvalue weighted by atomic mass is 9.89. The molecule has 0 N–H and O–H groups in total. The molecule has 0 bridgehead atoms. The van der Waals surface area contributed by atoms with Crippen LogP contribution in [0.2, 0.25) is 0 Å². The second kappa shape index (κ2) is 1.73. The molecule has 0 nitrogen and oxygen atoms in total. The summed E-state index contributed by atoms with van der Waals surface area (Å²) in [6.45, 7) is 0. The lowest BCUT2D eigenvalue weighted by Crippen LogP contribution is -2.04. The Morgan fingerprint density at radius 2 is 1.44 bits per heavy atom. The fourth-order valence-electron chi connectivity index (χ4n) is 1.92. The van der Waals surface area contributed by atoms with E-state index in [1.165, 1.54) is 25.7 Å². The molecule has 9 heavy (non-hydrogen) atoms. The molecule has 0 aromatic rings. The minimum Gasteiger partial charge on any atom is -0.0745 e. The van der Waals surface area contributed by atoms with Gasteiger partial charge in [0, 0.05) is 5.41 Å². The molecule has 0 heteroatoms. The molecular weight excluding hydrogens is 108 g/mol. The lowest BCUT2D eigenvalue weighted by Gasteiger charge is -2.15. The highest BCUT2D eigenvalue weighted by molar-refractivity contribution is 5.25. The van der Waals surface area contributed by atoms with E-state index in [2.05, 4.69) is 24.3 Å². The molecule has 1 fully saturated rings. The monoisotopic (exact) mass is 120 g/mol. The van der Waals surface area contributed by atoms with Crippen LogP contribution in [0.4, 0.5) is 0 Å². The topological polar surface area (TPSA) is 0 Å². The molecule has 2 aliphatic rings. The van der Waals surface area contributed by atoms with Gasteiger partial charge in [-0.25, -0.2) is 0 Å². The molecule has 0 aromatic heterocycles. The summed E-state index contributed by atoms with van der Waals surface area (Å²) in [6.07, 6.45) is 14.7. The molecule has 0 atom stereocenters. The third-order valence-corrected chi connectivity index (χ3v) is 2.50. The smallest absolute Gasteiger partial charge is 0.00671 e. The Hall–Kier alpha value is -0.520. The zero-order chi connectivity index (χ0) is 6.16. The van der Waals surface area contributed by atoms with Crippen LogP contribution in [-0.2, 0) is 0 Å². The first-order chi connectivity index (χ1) is 4.41. The second-order valence-corrected chi connectivity index (χ2v) is 3.16. The Balaban J connectivity index is 2.23. The zero-order valence-corrected chi connectivity index (χ0v) is 5.64. The van der Waals surface area contributed by atoms with Crippen LogP contribution in [0.5, 0.6) is 0 Å². The largest absolute Gasteiger partial charge is 0.0745 e. The van der Waals surface area contributed by atoms with Crippen molar-refractivity contribution in [2.75, 3.05) is 0 Å². The molecule has 2 rings (SSSR count). The summed E-state index contributed by atoms with van der Waals surface area (Å²) < 4.78 is 0. The maximum atomic E-state index is 2.36. The van der Waals surface area contributed by atoms with Crippen molar-refractivity contribution in [3.8, 4) is 0 Å². The molecule has 0 radical (unpaired) electrons. The highest BCUT2D eigenvalue weighted by atomic mass is 14.3. The third-order valence-electron chi connectivity index (χ3n) is 2.50. The van der Waals surface area contributed by atoms with Gasteiger partial charge in [0.1, 0.15) is 0 Å². The van der Waals surface area contributed by atoms with Gasteiger partial charge < -0.3 is 0 Å². The first kappa shape index (κ1) is 5.28. The van der Waals surface area contributed by atoms with E-state index < -0.39 is 0 Å². The van der Waals surface area contributed by atoms with Gasteiger partial charge in [-0.15, -0.1) is 0 Å². The van der Waals surface area contributed by atoms with Crippen molar-refractivity contribution in [3.63, 3.8) is 0 Å². The van der Waals surface area contributed by atoms with Crippen LogP contribution >= 0.6 is 0 Å². The molecule has 0 saturated heterocycles. The van der Waals surface area contributed by atoms with Crippen molar-refractivity contribution in [3.05, 3.63) is 24.3 Å². The average molecular weight is 120 g/mol. The van der Waals surface area contributed by atoms with Crippen LogP contribution in [-0.4, -0.2) is 0 Å². The minimum absolute atomic E-state index is 0.528. The number of hydrogen-bond acceptors (Lipinski definition) is 0. The Morgan fingerprint density at radius 1 is 0.889 bits per heavy atom. The summed E-state index contributed by atoms with van der Waals surface area (Å²) in [7, 11) is 0. The van der Waals surface area contributed by atoms with Crippen molar-refractivity contribution in [1.29, 1.82) is 0 Å². The summed E-state index contributed by atoms with van der Waals surface area (Å²) in [5.41, 5.74) is 0.528. The molecule has 1 spiro atoms. The Kier molecular flexibility index (Phi) is 1.01. The van der Waals surface area contributed by atoms with Crippen LogP contribution in [0.3, 0.4) is 0 Å². The van der Waals surface area contributed by atoms with Gasteiger partial charge >= 0.3 is 0 Å². The number of allylic oxidation sites excluding steroid dienone is 4. The molecule has 48 valence electrons. The predicted molar refractivity (Wildman–Crippen MR) is 39.2 cm³/mol. The molecule has 2 aliphatic carbocycles. The number of hydrogen-bond donors (Lipinski definition) is 0. The number of rotatable bonds is 0. The molecule has 0 aromatic carbocycles. The van der Waals surface area contributed by atoms with Crippen LogP contribution in [0.1, 0.15) is 25.7 Å². The normalized spacial score (nSPS) is 28.4. The summed E-state index contributed by atoms with van der Waals surface area (Å²) in [6, 6.07) is 0. The SMILES string of the molecule is C1=CC2(C=C1)CCCC2. The molecule has 0 heterocycles. The van der Waals surface area contributed by atoms with E-state index in [4.69, 9.17) is 0 Å². The molecule has 0 amide bonds. The summed E-state index contributed by atoms with van der Waals surface area (Å²) in [5, 5.41) is 0. The quantitative estimate of drug-likeness (QED) is 0.461. The fourth-order valence-corrected chi connectivity index (χ4v) is 1.92. The van der Waals surface area contributed by atoms with Crippen LogP contribution in [0, 0.1) is 5.41 Å². The molecule has 0 unspecified atom stereocenters. The maximum absolute atomic E-state index is 2.36. The lowest BCUT2D eigenvalue weighted by molar-refractivity contribution is 0.522. The summed E-state index contributed by atoms with van der Waals surface area (Å²) in [5.74, 6) is 0. The molecule has 0 aliphatic heterocycles. The van der Waals surface area contributed by atoms with Gasteiger partial charge in [-0.05, 0) is 12.8 Å². The van der Waals surface area contributed by atoms with Crippen LogP contribution < -0.4 is 0 Å². The van der Waals surface area contributed by atoms with E-state index in [9.17, 15) is 0 Å². The van der Waals surface area contributed by atoms with Gasteiger partial charge in [0.25, 0.3) is 0 Å². The fraction of sp³-hybridized carbons (Fsp3) is 0.556. The molecular formula is C9H12. The second-order valence-electron chi connectivity index (χ2n) is 3.16. The van der Waals surface area contributed by atoms with E-state index in [-0.39, 0.29) is 0 Å². The molecule has 1 saturated carbocycles. The van der Waals surface area contributed by atoms with Gasteiger partial charge in [0.2, 0.25) is 0 Å². The average Bonchev–Trinajstić information content (AvgIpc) is 2.45. The third kappa shape index (κ3) is 0.735. The van der Waals surface area contributed by atoms with Crippen molar-refractivity contribution in [2.45, 2.75) is 25.7 Å². The van der Waals surface area contributed by atoms with Crippen molar-refractivity contribution in [2.24, 2.45) is 5.41 Å². The highest BCUT2D eigenvalue weighted by Gasteiger charge is 2.29. The van der Waals surface area contributed by atoms with E-state index in [0.29, 0.717) is 5.41 Å². The van der Waals surface area contributed by atoms with E-state index in [1.54, 1.807) is 0 Å². The van der Waals surface area contributed by atoms with Crippen molar-refractivity contribution >= 4 is 0 Å². The van der Waals surface area contributed by atoms with E-state index >= 15 is 0 Å². The van der Waals surface area contributed by atoms with Crippen LogP contribution in [0.15, 0.2) is 24.3 Å². The van der Waals surface area contributed by atoms with Crippen LogP contribution in [0.25, 0.3) is 0 Å². The Morgan fingerprint density at radius 3 is 2.00 bits per heavy atom. The highest BCUT2D eigenvalue weighted by Crippen LogP contribution is 2.42. The summed E-state index contributed by atoms with van der Waals surface area (Å²) >= 11 is 0. The minimum atomic E-state index is 0.528. The van der Waals surface area contributed by atoms with Crippen molar-refractivity contribution < 1.29 is 0 Å². The maximum Gasteiger partial charge on any atom is 0.00671 e. The van der Waals surface area contributed by atoms with Crippen molar-refractivity contribution in [1.82, 2.24) is 0 Å². The van der Waals surface area contributed by atoms with Gasteiger partial charge in [0.05, 0.1) is 0 Å². The van der Waals surface area contributed by atoms with Gasteiger partial charge in [-0.1, -0.05) is 37.1 Å². The van der Waals surface area contributed by atoms with Gasteiger partial charge in [0.15, 0.2) is 0 Å². The van der Waals surface area contributed by atoms with Gasteiger partial charge in [-0.2, -0.15) is 0 Å². The van der Waals surface area contributed by atoms with E-state index in [1.807, 2.05) is 0 Å². The predicted octanol–water partition coefficient (Wildman–Crippen LogP) is 2.67. The first-order valence-electron chi connectivity index (χ1n) is 3.78. The zero-order valence-electron chi connectivity index (χ0n) is 5.64.